The van der Waals surface area contributed by atoms with Gasteiger partial charge in [-0.15, -0.1) is 11.3 Å². The summed E-state index contributed by atoms with van der Waals surface area (Å²) in [5.74, 6) is -0.184. The molecule has 4 rings (SSSR count). The van der Waals surface area contributed by atoms with E-state index in [0.717, 1.165) is 16.8 Å². The molecule has 0 aliphatic heterocycles. The number of benzene rings is 2. The van der Waals surface area contributed by atoms with Gasteiger partial charge in [0.1, 0.15) is 19.2 Å². The van der Waals surface area contributed by atoms with E-state index in [1.165, 1.54) is 34.2 Å². The van der Waals surface area contributed by atoms with Gasteiger partial charge in [0.25, 0.3) is 0 Å². The van der Waals surface area contributed by atoms with Crippen LogP contribution in [0.3, 0.4) is 0 Å². The number of anilines is 1. The molecule has 7 heteroatoms. The van der Waals surface area contributed by atoms with Crippen molar-refractivity contribution in [1.82, 2.24) is 19.7 Å². The standard InChI is InChI=1S/C19H15N5OS/c25-18(10-24-13-20-12-21-24)23-19-22-17(11-26-19)16-8-6-15(7-9-16)14-4-2-1-3-5-14/h1-9,11-13H,10H2,(H,22,23,25). The van der Waals surface area contributed by atoms with Crippen LogP contribution in [0.2, 0.25) is 0 Å². The van der Waals surface area contributed by atoms with Crippen molar-refractivity contribution in [2.24, 2.45) is 0 Å². The number of nitrogens with one attached hydrogen (secondary N) is 1. The normalized spacial score (nSPS) is 10.6. The van der Waals surface area contributed by atoms with E-state index in [4.69, 9.17) is 0 Å². The van der Waals surface area contributed by atoms with Crippen LogP contribution >= 0.6 is 11.3 Å². The fourth-order valence-electron chi connectivity index (χ4n) is 2.55. The van der Waals surface area contributed by atoms with E-state index >= 15 is 0 Å². The van der Waals surface area contributed by atoms with Gasteiger partial charge in [-0.25, -0.2) is 14.6 Å². The molecule has 2 aromatic carbocycles. The number of aromatic nitrogens is 4. The van der Waals surface area contributed by atoms with Gasteiger partial charge in [0.05, 0.1) is 5.69 Å². The van der Waals surface area contributed by atoms with Crippen molar-refractivity contribution in [3.63, 3.8) is 0 Å². The summed E-state index contributed by atoms with van der Waals surface area (Å²) in [6.45, 7) is 0.112. The van der Waals surface area contributed by atoms with Crippen molar-refractivity contribution in [3.05, 3.63) is 72.6 Å². The molecule has 1 amide bonds. The van der Waals surface area contributed by atoms with Crippen LogP contribution in [0.15, 0.2) is 72.6 Å². The fraction of sp³-hybridized carbons (Fsp3) is 0.0526. The SMILES string of the molecule is O=C(Cn1cncn1)Nc1nc(-c2ccc(-c3ccccc3)cc2)cs1. The molecule has 0 spiro atoms. The molecule has 0 saturated carbocycles. The Morgan fingerprint density at radius 2 is 1.73 bits per heavy atom. The largest absolute Gasteiger partial charge is 0.300 e. The smallest absolute Gasteiger partial charge is 0.247 e. The molecule has 0 aliphatic rings. The summed E-state index contributed by atoms with van der Waals surface area (Å²) in [7, 11) is 0. The maximum atomic E-state index is 12.0. The van der Waals surface area contributed by atoms with Gasteiger partial charge in [-0.05, 0) is 11.1 Å². The van der Waals surface area contributed by atoms with E-state index in [0.29, 0.717) is 5.13 Å². The average molecular weight is 361 g/mol. The quantitative estimate of drug-likeness (QED) is 0.588. The zero-order valence-corrected chi connectivity index (χ0v) is 14.6. The second kappa shape index (κ2) is 7.28. The minimum atomic E-state index is -0.184. The maximum Gasteiger partial charge on any atom is 0.247 e. The summed E-state index contributed by atoms with van der Waals surface area (Å²) in [6, 6.07) is 18.5. The molecular formula is C19H15N5OS. The molecule has 0 radical (unpaired) electrons. The molecule has 6 nitrogen and oxygen atoms in total. The summed E-state index contributed by atoms with van der Waals surface area (Å²) in [5, 5.41) is 9.20. The fourth-order valence-corrected chi connectivity index (χ4v) is 3.28. The van der Waals surface area contributed by atoms with Crippen LogP contribution in [0, 0.1) is 0 Å². The lowest BCUT2D eigenvalue weighted by atomic mass is 10.0. The molecule has 2 heterocycles. The van der Waals surface area contributed by atoms with Crippen molar-refractivity contribution in [1.29, 1.82) is 0 Å². The zero-order valence-electron chi connectivity index (χ0n) is 13.7. The number of amides is 1. The first kappa shape index (κ1) is 16.2. The van der Waals surface area contributed by atoms with Crippen LogP contribution in [-0.4, -0.2) is 25.7 Å². The van der Waals surface area contributed by atoms with Crippen LogP contribution in [-0.2, 0) is 11.3 Å². The third-order valence-electron chi connectivity index (χ3n) is 3.81. The number of hydrogen-bond donors (Lipinski definition) is 1. The number of carbonyl (C=O) groups excluding carboxylic acids is 1. The van der Waals surface area contributed by atoms with Crippen LogP contribution in [0.25, 0.3) is 22.4 Å². The Morgan fingerprint density at radius 3 is 2.46 bits per heavy atom. The van der Waals surface area contributed by atoms with E-state index in [1.807, 2.05) is 35.7 Å². The van der Waals surface area contributed by atoms with Gasteiger partial charge >= 0.3 is 0 Å². The first-order chi connectivity index (χ1) is 12.8. The van der Waals surface area contributed by atoms with E-state index < -0.39 is 0 Å². The van der Waals surface area contributed by atoms with E-state index in [2.05, 4.69) is 44.6 Å². The van der Waals surface area contributed by atoms with E-state index in [9.17, 15) is 4.79 Å². The minimum absolute atomic E-state index is 0.112. The Bertz CT molecular complexity index is 994. The number of thiazole rings is 1. The molecule has 4 aromatic rings. The number of carbonyl (C=O) groups is 1. The Morgan fingerprint density at radius 1 is 1.00 bits per heavy atom. The van der Waals surface area contributed by atoms with Gasteiger partial charge in [-0.2, -0.15) is 5.10 Å². The Kier molecular flexibility index (Phi) is 4.53. The molecule has 0 saturated heterocycles. The number of nitrogens with zero attached hydrogens (tertiary/aromatic N) is 4. The molecule has 0 bridgehead atoms. The Labute approximate surface area is 154 Å². The van der Waals surface area contributed by atoms with Crippen LogP contribution in [0.5, 0.6) is 0 Å². The number of rotatable bonds is 5. The van der Waals surface area contributed by atoms with Crippen molar-refractivity contribution in [2.75, 3.05) is 5.32 Å². The molecule has 0 fully saturated rings. The summed E-state index contributed by atoms with van der Waals surface area (Å²) in [4.78, 5) is 20.3. The van der Waals surface area contributed by atoms with Crippen LogP contribution in [0.4, 0.5) is 5.13 Å². The van der Waals surface area contributed by atoms with Crippen LogP contribution < -0.4 is 5.32 Å². The van der Waals surface area contributed by atoms with Gasteiger partial charge < -0.3 is 5.32 Å². The highest BCUT2D eigenvalue weighted by molar-refractivity contribution is 7.14. The van der Waals surface area contributed by atoms with Gasteiger partial charge in [0.15, 0.2) is 5.13 Å². The molecule has 26 heavy (non-hydrogen) atoms. The molecule has 1 N–H and O–H groups in total. The minimum Gasteiger partial charge on any atom is -0.300 e. The van der Waals surface area contributed by atoms with Gasteiger partial charge in [-0.1, -0.05) is 54.6 Å². The second-order valence-electron chi connectivity index (χ2n) is 5.62. The predicted octanol–water partition coefficient (Wildman–Crippen LogP) is 3.71. The second-order valence-corrected chi connectivity index (χ2v) is 6.48. The first-order valence-corrected chi connectivity index (χ1v) is 8.89. The third kappa shape index (κ3) is 3.68. The highest BCUT2D eigenvalue weighted by atomic mass is 32.1. The number of hydrogen-bond acceptors (Lipinski definition) is 5. The predicted molar refractivity (Wildman–Crippen MR) is 102 cm³/mol. The molecule has 0 aliphatic carbocycles. The van der Waals surface area contributed by atoms with Crippen molar-refractivity contribution >= 4 is 22.4 Å². The summed E-state index contributed by atoms with van der Waals surface area (Å²) < 4.78 is 1.46. The molecule has 128 valence electrons. The molecular weight excluding hydrogens is 346 g/mol. The lowest BCUT2D eigenvalue weighted by Crippen LogP contribution is -2.18. The summed E-state index contributed by atoms with van der Waals surface area (Å²) in [5.41, 5.74) is 4.19. The van der Waals surface area contributed by atoms with Crippen molar-refractivity contribution in [3.8, 4) is 22.4 Å². The summed E-state index contributed by atoms with van der Waals surface area (Å²) in [6.07, 6.45) is 2.90. The monoisotopic (exact) mass is 361 g/mol. The van der Waals surface area contributed by atoms with Gasteiger partial charge in [-0.3, -0.25) is 4.79 Å². The molecule has 0 atom stereocenters. The Balaban J connectivity index is 1.45. The topological polar surface area (TPSA) is 72.7 Å². The zero-order chi connectivity index (χ0) is 17.8. The molecule has 2 aromatic heterocycles. The third-order valence-corrected chi connectivity index (χ3v) is 4.57. The summed E-state index contributed by atoms with van der Waals surface area (Å²) >= 11 is 1.40. The van der Waals surface area contributed by atoms with Crippen LogP contribution in [0.1, 0.15) is 0 Å². The van der Waals surface area contributed by atoms with Gasteiger partial charge in [0.2, 0.25) is 5.91 Å². The maximum absolute atomic E-state index is 12.0. The van der Waals surface area contributed by atoms with Crippen molar-refractivity contribution in [2.45, 2.75) is 6.54 Å². The highest BCUT2D eigenvalue weighted by Gasteiger charge is 2.09. The lowest BCUT2D eigenvalue weighted by Gasteiger charge is -2.03. The first-order valence-electron chi connectivity index (χ1n) is 8.01. The molecule has 0 unspecified atom stereocenters. The van der Waals surface area contributed by atoms with E-state index in [1.54, 1.807) is 0 Å². The van der Waals surface area contributed by atoms with Gasteiger partial charge in [0, 0.05) is 10.9 Å². The van der Waals surface area contributed by atoms with E-state index in [-0.39, 0.29) is 12.5 Å². The Hall–Kier alpha value is -3.32. The highest BCUT2D eigenvalue weighted by Crippen LogP contribution is 2.27. The lowest BCUT2D eigenvalue weighted by molar-refractivity contribution is -0.116. The van der Waals surface area contributed by atoms with Crippen molar-refractivity contribution < 1.29 is 4.79 Å². The average Bonchev–Trinajstić information content (AvgIpc) is 3.35.